The smallest absolute Gasteiger partial charge is 0.306 e. The number of carbonyl (C=O) groups excluding carboxylic acids is 4. The Bertz CT molecular complexity index is 1980. The molecule has 2 aliphatic rings. The quantitative estimate of drug-likeness (QED) is 0.202. The van der Waals surface area contributed by atoms with Gasteiger partial charge in [-0.05, 0) is 99.1 Å². The molecule has 4 heterocycles. The van der Waals surface area contributed by atoms with E-state index < -0.39 is 0 Å². The molecular formula is C39H44N4O6. The number of carbonyl (C=O) groups is 4. The number of esters is 2. The summed E-state index contributed by atoms with van der Waals surface area (Å²) in [5, 5.41) is 4.45. The van der Waals surface area contributed by atoms with E-state index in [9.17, 15) is 19.2 Å². The van der Waals surface area contributed by atoms with Gasteiger partial charge in [-0.25, -0.2) is 4.99 Å². The molecule has 10 heteroatoms. The maximum Gasteiger partial charge on any atom is 0.306 e. The monoisotopic (exact) mass is 664 g/mol. The fourth-order valence-corrected chi connectivity index (χ4v) is 6.01. The van der Waals surface area contributed by atoms with Crippen LogP contribution in [0.1, 0.15) is 67.3 Å². The van der Waals surface area contributed by atoms with Crippen molar-refractivity contribution < 1.29 is 28.7 Å². The third-order valence-corrected chi connectivity index (χ3v) is 8.83. The molecule has 3 N–H and O–H groups in total. The number of aliphatic imine (C=N–C) groups is 1. The summed E-state index contributed by atoms with van der Waals surface area (Å²) >= 11 is 0. The second-order valence-corrected chi connectivity index (χ2v) is 11.9. The summed E-state index contributed by atoms with van der Waals surface area (Å²) in [7, 11) is 0. The van der Waals surface area contributed by atoms with E-state index in [0.29, 0.717) is 29.8 Å². The lowest BCUT2D eigenvalue weighted by atomic mass is 10.00. The molecule has 10 nitrogen and oxygen atoms in total. The third-order valence-electron chi connectivity index (χ3n) is 8.83. The van der Waals surface area contributed by atoms with Crippen LogP contribution in [-0.2, 0) is 41.5 Å². The molecule has 0 saturated carbocycles. The fourth-order valence-electron chi connectivity index (χ4n) is 6.01. The van der Waals surface area contributed by atoms with Crippen molar-refractivity contribution in [2.75, 3.05) is 13.2 Å². The molecule has 0 bridgehead atoms. The van der Waals surface area contributed by atoms with Crippen LogP contribution in [0.25, 0.3) is 18.2 Å². The Labute approximate surface area is 286 Å². The average molecular weight is 665 g/mol. The summed E-state index contributed by atoms with van der Waals surface area (Å²) in [6, 6.07) is 0. The summed E-state index contributed by atoms with van der Waals surface area (Å²) in [6.07, 6.45) is 13.2. The molecule has 0 spiro atoms. The molecule has 256 valence electrons. The van der Waals surface area contributed by atoms with E-state index in [1.807, 2.05) is 58.9 Å². The van der Waals surface area contributed by atoms with Gasteiger partial charge < -0.3 is 24.8 Å². The van der Waals surface area contributed by atoms with Crippen LogP contribution in [0.2, 0.25) is 0 Å². The number of ether oxygens (including phenoxy) is 2. The molecule has 2 amide bonds. The molecule has 1 unspecified atom stereocenters. The highest BCUT2D eigenvalue weighted by molar-refractivity contribution is 6.31. The molecule has 2 aromatic heterocycles. The second kappa shape index (κ2) is 16.1. The molecule has 2 aromatic rings. The van der Waals surface area contributed by atoms with E-state index in [-0.39, 0.29) is 55.7 Å². The number of amides is 2. The number of allylic oxidation sites excluding steroid dienone is 3. The van der Waals surface area contributed by atoms with Crippen LogP contribution >= 0.6 is 0 Å². The van der Waals surface area contributed by atoms with Crippen LogP contribution in [-0.4, -0.2) is 52.6 Å². The number of nitrogens with one attached hydrogen (secondary N) is 3. The largest absolute Gasteiger partial charge is 0.461 e. The van der Waals surface area contributed by atoms with Gasteiger partial charge in [0.25, 0.3) is 5.91 Å². The lowest BCUT2D eigenvalue weighted by Gasteiger charge is -2.05. The first kappa shape index (κ1) is 36.3. The van der Waals surface area contributed by atoms with Gasteiger partial charge in [0.2, 0.25) is 5.91 Å². The average Bonchev–Trinajstić information content (AvgIpc) is 3.72. The second-order valence-electron chi connectivity index (χ2n) is 11.9. The Hall–Kier alpha value is -5.51. The summed E-state index contributed by atoms with van der Waals surface area (Å²) in [4.78, 5) is 61.2. The van der Waals surface area contributed by atoms with Crippen LogP contribution in [0.4, 0.5) is 0 Å². The lowest BCUT2D eigenvalue weighted by molar-refractivity contribution is -0.143. The normalized spacial score (nSPS) is 18.4. The highest BCUT2D eigenvalue weighted by Gasteiger charge is 2.29. The molecule has 1 atom stereocenters. The minimum atomic E-state index is -0.354. The van der Waals surface area contributed by atoms with Gasteiger partial charge in [0.05, 0.1) is 11.6 Å². The first-order valence-corrected chi connectivity index (χ1v) is 16.2. The van der Waals surface area contributed by atoms with Crippen molar-refractivity contribution in [2.24, 2.45) is 10.9 Å². The van der Waals surface area contributed by atoms with Gasteiger partial charge in [0.15, 0.2) is 0 Å². The van der Waals surface area contributed by atoms with Crippen LogP contribution in [0.3, 0.4) is 0 Å². The highest BCUT2D eigenvalue weighted by atomic mass is 16.5. The summed E-state index contributed by atoms with van der Waals surface area (Å²) in [6.45, 7) is 20.7. The molecule has 0 aromatic carbocycles. The first-order chi connectivity index (χ1) is 23.4. The zero-order valence-corrected chi connectivity index (χ0v) is 28.9. The van der Waals surface area contributed by atoms with Gasteiger partial charge in [-0.2, -0.15) is 0 Å². The van der Waals surface area contributed by atoms with Crippen LogP contribution in [0.15, 0.2) is 71.4 Å². The molecule has 0 radical (unpaired) electrons. The highest BCUT2D eigenvalue weighted by Crippen LogP contribution is 2.29. The molecule has 1 fully saturated rings. The molecule has 49 heavy (non-hydrogen) atoms. The molecule has 0 aliphatic carbocycles. The fraction of sp³-hybridized carbons (Fsp3) is 0.308. The van der Waals surface area contributed by atoms with Gasteiger partial charge in [0.1, 0.15) is 13.2 Å². The van der Waals surface area contributed by atoms with Gasteiger partial charge in [-0.1, -0.05) is 44.0 Å². The zero-order valence-electron chi connectivity index (χ0n) is 28.9. The van der Waals surface area contributed by atoms with Crippen molar-refractivity contribution in [1.82, 2.24) is 15.3 Å². The minimum absolute atomic E-state index is 0.0682. The number of aromatic amines is 2. The Morgan fingerprint density at radius 2 is 1.47 bits per heavy atom. The molecule has 2 aliphatic heterocycles. The Balaban J connectivity index is 1.89. The number of H-pyrrole nitrogens is 2. The molecular weight excluding hydrogens is 620 g/mol. The van der Waals surface area contributed by atoms with E-state index in [2.05, 4.69) is 40.0 Å². The Kier molecular flexibility index (Phi) is 11.9. The summed E-state index contributed by atoms with van der Waals surface area (Å²) < 4.78 is 10.5. The lowest BCUT2D eigenvalue weighted by Crippen LogP contribution is -2.16. The molecule has 4 rings (SSSR count). The maximum absolute atomic E-state index is 12.5. The van der Waals surface area contributed by atoms with Gasteiger partial charge >= 0.3 is 11.9 Å². The topological polar surface area (TPSA) is 143 Å². The van der Waals surface area contributed by atoms with E-state index in [0.717, 1.165) is 55.5 Å². The van der Waals surface area contributed by atoms with Crippen LogP contribution in [0.5, 0.6) is 0 Å². The number of aromatic nitrogens is 2. The predicted octanol–water partition coefficient (Wildman–Crippen LogP) is 4.43. The number of hydrogen-bond acceptors (Lipinski definition) is 6. The summed E-state index contributed by atoms with van der Waals surface area (Å²) in [5.74, 6) is -1.38. The third kappa shape index (κ3) is 8.14. The number of nitrogens with zero attached hydrogens (tertiary/aromatic N) is 1. The van der Waals surface area contributed by atoms with Crippen LogP contribution < -0.4 is 16.0 Å². The van der Waals surface area contributed by atoms with E-state index in [1.165, 1.54) is 18.2 Å². The van der Waals surface area contributed by atoms with Crippen molar-refractivity contribution in [3.8, 4) is 0 Å². The number of hydrogen-bond donors (Lipinski definition) is 3. The Morgan fingerprint density at radius 1 is 0.837 bits per heavy atom. The van der Waals surface area contributed by atoms with E-state index in [4.69, 9.17) is 9.47 Å². The minimum Gasteiger partial charge on any atom is -0.461 e. The van der Waals surface area contributed by atoms with Gasteiger partial charge in [-0.15, -0.1) is 0 Å². The zero-order chi connectivity index (χ0) is 35.8. The maximum atomic E-state index is 12.5. The van der Waals surface area contributed by atoms with Crippen molar-refractivity contribution in [1.29, 1.82) is 0 Å². The van der Waals surface area contributed by atoms with Crippen molar-refractivity contribution in [3.05, 3.63) is 111 Å². The Morgan fingerprint density at radius 3 is 2.04 bits per heavy atom. The predicted molar refractivity (Wildman–Crippen MR) is 192 cm³/mol. The summed E-state index contributed by atoms with van der Waals surface area (Å²) in [5.41, 5.74) is 8.46. The first-order valence-electron chi connectivity index (χ1n) is 16.2. The van der Waals surface area contributed by atoms with Crippen molar-refractivity contribution >= 4 is 47.7 Å². The van der Waals surface area contributed by atoms with Crippen molar-refractivity contribution in [3.63, 3.8) is 0 Å². The van der Waals surface area contributed by atoms with Gasteiger partial charge in [-0.3, -0.25) is 19.2 Å². The molecule has 1 saturated heterocycles. The van der Waals surface area contributed by atoms with Crippen LogP contribution in [0, 0.1) is 19.8 Å². The van der Waals surface area contributed by atoms with Gasteiger partial charge in [0, 0.05) is 46.2 Å². The standard InChI is InChI=1S/C39H44N4O6/c1-9-17-48-36(44)15-13-28-23(6)30(19-32-22(5)27(12-4)39(47)42-32)40-34(28)21-35-29(14-16-37(45)49-18-10-2)24(7)31(41-35)20-33-26(11-3)25(8)38(46)43-33/h9-12,19-21,25,40-41H,1-2,4,13-18H2,3,5-8H3,(H,43,46)/b26-11+,30-19-,33-20-,34-21-. The van der Waals surface area contributed by atoms with E-state index >= 15 is 0 Å². The number of rotatable bonds is 14. The SMILES string of the molecule is C=CCOC(=O)CCc1c(/C=c2\[nH]/c(=C\C3=NC(=O)C(C=C)=C3C)c(C)c2CCC(=O)OCC=C)[nH]c(/C=C2\NC(=O)C(C)\C2=C/C)c1C. The van der Waals surface area contributed by atoms with E-state index in [1.54, 1.807) is 0 Å². The van der Waals surface area contributed by atoms with Crippen molar-refractivity contribution in [2.45, 2.75) is 60.3 Å².